The van der Waals surface area contributed by atoms with E-state index in [-0.39, 0.29) is 30.8 Å². The SMILES string of the molecule is CCNC(=O)N(Cc1ccc(F)cc1F)CC1CC(c2ccc(Cl)cc2)=NO1. The van der Waals surface area contributed by atoms with E-state index in [0.717, 1.165) is 17.3 Å². The van der Waals surface area contributed by atoms with E-state index in [0.29, 0.717) is 18.0 Å². The highest BCUT2D eigenvalue weighted by molar-refractivity contribution is 6.30. The lowest BCUT2D eigenvalue weighted by molar-refractivity contribution is 0.0588. The highest BCUT2D eigenvalue weighted by Gasteiger charge is 2.27. The number of amides is 2. The molecule has 1 aliphatic heterocycles. The van der Waals surface area contributed by atoms with E-state index in [4.69, 9.17) is 16.4 Å². The van der Waals surface area contributed by atoms with Crippen molar-refractivity contribution < 1.29 is 18.4 Å². The van der Waals surface area contributed by atoms with Gasteiger partial charge < -0.3 is 15.1 Å². The third kappa shape index (κ3) is 4.98. The van der Waals surface area contributed by atoms with Gasteiger partial charge in [0.15, 0.2) is 6.10 Å². The number of nitrogens with one attached hydrogen (secondary N) is 1. The molecular weight excluding hydrogens is 388 g/mol. The zero-order chi connectivity index (χ0) is 20.1. The lowest BCUT2D eigenvalue weighted by Gasteiger charge is -2.25. The van der Waals surface area contributed by atoms with Crippen LogP contribution in [0.2, 0.25) is 5.02 Å². The highest BCUT2D eigenvalue weighted by Crippen LogP contribution is 2.21. The lowest BCUT2D eigenvalue weighted by Crippen LogP contribution is -2.43. The summed E-state index contributed by atoms with van der Waals surface area (Å²) in [6.45, 7) is 2.43. The quantitative estimate of drug-likeness (QED) is 0.774. The third-order valence-corrected chi connectivity index (χ3v) is 4.58. The van der Waals surface area contributed by atoms with Crippen LogP contribution < -0.4 is 5.32 Å². The standard InChI is InChI=1S/C20H20ClF2N3O2/c1-2-24-20(27)26(11-14-5-8-16(22)9-18(14)23)12-17-10-19(25-28-17)13-3-6-15(21)7-4-13/h3-9,17H,2,10-12H2,1H3,(H,24,27). The molecule has 8 heteroatoms. The molecule has 1 heterocycles. The maximum atomic E-state index is 14.0. The lowest BCUT2D eigenvalue weighted by atomic mass is 10.0. The molecule has 28 heavy (non-hydrogen) atoms. The van der Waals surface area contributed by atoms with Gasteiger partial charge in [0.2, 0.25) is 0 Å². The molecule has 0 saturated carbocycles. The zero-order valence-corrected chi connectivity index (χ0v) is 16.0. The summed E-state index contributed by atoms with van der Waals surface area (Å²) in [6, 6.07) is 10.2. The smallest absolute Gasteiger partial charge is 0.317 e. The van der Waals surface area contributed by atoms with Crippen LogP contribution in [0.3, 0.4) is 0 Å². The Morgan fingerprint density at radius 1 is 1.29 bits per heavy atom. The molecule has 0 aliphatic carbocycles. The summed E-state index contributed by atoms with van der Waals surface area (Å²) >= 11 is 5.90. The highest BCUT2D eigenvalue weighted by atomic mass is 35.5. The van der Waals surface area contributed by atoms with Gasteiger partial charge in [0.05, 0.1) is 18.8 Å². The molecule has 1 N–H and O–H groups in total. The van der Waals surface area contributed by atoms with Crippen LogP contribution >= 0.6 is 11.6 Å². The van der Waals surface area contributed by atoms with Crippen molar-refractivity contribution in [3.63, 3.8) is 0 Å². The Labute approximate surface area is 166 Å². The molecule has 0 saturated heterocycles. The molecule has 2 aromatic carbocycles. The van der Waals surface area contributed by atoms with Gasteiger partial charge in [-0.1, -0.05) is 35.0 Å². The van der Waals surface area contributed by atoms with Crippen molar-refractivity contribution in [2.45, 2.75) is 26.0 Å². The Bertz CT molecular complexity index is 874. The monoisotopic (exact) mass is 407 g/mol. The summed E-state index contributed by atoms with van der Waals surface area (Å²) in [5.74, 6) is -1.36. The first-order valence-corrected chi connectivity index (χ1v) is 9.29. The number of oxime groups is 1. The molecule has 0 bridgehead atoms. The fraction of sp³-hybridized carbons (Fsp3) is 0.300. The van der Waals surface area contributed by atoms with Crippen molar-refractivity contribution in [2.24, 2.45) is 5.16 Å². The van der Waals surface area contributed by atoms with Gasteiger partial charge >= 0.3 is 6.03 Å². The summed E-state index contributed by atoms with van der Waals surface area (Å²) in [5, 5.41) is 7.43. The van der Waals surface area contributed by atoms with Crippen molar-refractivity contribution in [3.05, 3.63) is 70.2 Å². The second-order valence-electron chi connectivity index (χ2n) is 6.43. The Balaban J connectivity index is 1.68. The summed E-state index contributed by atoms with van der Waals surface area (Å²) in [4.78, 5) is 19.3. The molecule has 0 spiro atoms. The number of nitrogens with zero attached hydrogens (tertiary/aromatic N) is 2. The van der Waals surface area contributed by atoms with Gasteiger partial charge in [-0.2, -0.15) is 0 Å². The Hall–Kier alpha value is -2.67. The van der Waals surface area contributed by atoms with Gasteiger partial charge in [-0.15, -0.1) is 0 Å². The van der Waals surface area contributed by atoms with Crippen LogP contribution in [0.25, 0.3) is 0 Å². The first-order chi connectivity index (χ1) is 13.5. The number of rotatable bonds is 6. The largest absolute Gasteiger partial charge is 0.390 e. The molecule has 1 atom stereocenters. The number of urea groups is 1. The normalized spacial score (nSPS) is 15.7. The molecule has 0 radical (unpaired) electrons. The maximum Gasteiger partial charge on any atom is 0.317 e. The number of carbonyl (C=O) groups is 1. The fourth-order valence-corrected chi connectivity index (χ4v) is 3.05. The average Bonchev–Trinajstić information content (AvgIpc) is 3.12. The van der Waals surface area contributed by atoms with E-state index in [1.54, 1.807) is 19.1 Å². The molecule has 0 fully saturated rings. The number of hydrogen-bond acceptors (Lipinski definition) is 3. The topological polar surface area (TPSA) is 53.9 Å². The van der Waals surface area contributed by atoms with Crippen LogP contribution in [0.4, 0.5) is 13.6 Å². The molecule has 2 aromatic rings. The van der Waals surface area contributed by atoms with E-state index in [1.807, 2.05) is 12.1 Å². The van der Waals surface area contributed by atoms with Crippen LogP contribution in [-0.4, -0.2) is 35.8 Å². The molecule has 5 nitrogen and oxygen atoms in total. The molecular formula is C20H20ClF2N3O2. The van der Waals surface area contributed by atoms with Gasteiger partial charge in [-0.3, -0.25) is 0 Å². The molecule has 1 unspecified atom stereocenters. The van der Waals surface area contributed by atoms with Crippen molar-refractivity contribution in [3.8, 4) is 0 Å². The second kappa shape index (κ2) is 9.01. The summed E-state index contributed by atoms with van der Waals surface area (Å²) < 4.78 is 27.2. The van der Waals surface area contributed by atoms with Crippen LogP contribution in [0.1, 0.15) is 24.5 Å². The van der Waals surface area contributed by atoms with Gasteiger partial charge in [-0.25, -0.2) is 13.6 Å². The van der Waals surface area contributed by atoms with Gasteiger partial charge in [0, 0.05) is 29.6 Å². The number of hydrogen-bond donors (Lipinski definition) is 1. The predicted octanol–water partition coefficient (Wildman–Crippen LogP) is 4.34. The first-order valence-electron chi connectivity index (χ1n) is 8.91. The minimum atomic E-state index is -0.695. The number of carbonyl (C=O) groups excluding carboxylic acids is 1. The zero-order valence-electron chi connectivity index (χ0n) is 15.3. The van der Waals surface area contributed by atoms with Crippen LogP contribution in [0.15, 0.2) is 47.6 Å². The molecule has 148 valence electrons. The van der Waals surface area contributed by atoms with E-state index in [2.05, 4.69) is 10.5 Å². The van der Waals surface area contributed by atoms with Crippen molar-refractivity contribution >= 4 is 23.3 Å². The van der Waals surface area contributed by atoms with Gasteiger partial charge in [-0.05, 0) is 30.7 Å². The van der Waals surface area contributed by atoms with E-state index in [1.165, 1.54) is 17.0 Å². The summed E-state index contributed by atoms with van der Waals surface area (Å²) in [5.41, 5.74) is 1.87. The van der Waals surface area contributed by atoms with Gasteiger partial charge in [0.1, 0.15) is 11.6 Å². The third-order valence-electron chi connectivity index (χ3n) is 4.33. The van der Waals surface area contributed by atoms with Crippen molar-refractivity contribution in [2.75, 3.05) is 13.1 Å². The number of halogens is 3. The Morgan fingerprint density at radius 2 is 2.04 bits per heavy atom. The van der Waals surface area contributed by atoms with E-state index in [9.17, 15) is 13.6 Å². The minimum absolute atomic E-state index is 0.00587. The minimum Gasteiger partial charge on any atom is -0.390 e. The Morgan fingerprint density at radius 3 is 2.71 bits per heavy atom. The fourth-order valence-electron chi connectivity index (χ4n) is 2.92. The molecule has 2 amide bonds. The number of benzene rings is 2. The molecule has 0 aromatic heterocycles. The van der Waals surface area contributed by atoms with E-state index < -0.39 is 11.6 Å². The predicted molar refractivity (Wildman–Crippen MR) is 103 cm³/mol. The van der Waals surface area contributed by atoms with Crippen LogP contribution in [-0.2, 0) is 11.4 Å². The summed E-state index contributed by atoms with van der Waals surface area (Å²) in [6.07, 6.45) is 0.139. The van der Waals surface area contributed by atoms with Crippen LogP contribution in [0.5, 0.6) is 0 Å². The van der Waals surface area contributed by atoms with E-state index >= 15 is 0 Å². The van der Waals surface area contributed by atoms with Gasteiger partial charge in [0.25, 0.3) is 0 Å². The van der Waals surface area contributed by atoms with Crippen molar-refractivity contribution in [1.29, 1.82) is 0 Å². The summed E-state index contributed by atoms with van der Waals surface area (Å²) in [7, 11) is 0. The Kier molecular flexibility index (Phi) is 6.46. The first kappa shape index (κ1) is 20.1. The maximum absolute atomic E-state index is 14.0. The van der Waals surface area contributed by atoms with Crippen molar-refractivity contribution in [1.82, 2.24) is 10.2 Å². The molecule has 1 aliphatic rings. The molecule has 3 rings (SSSR count). The average molecular weight is 408 g/mol. The second-order valence-corrected chi connectivity index (χ2v) is 6.86. The van der Waals surface area contributed by atoms with Crippen LogP contribution in [0, 0.1) is 11.6 Å².